The molecule has 0 atom stereocenters. The lowest BCUT2D eigenvalue weighted by Crippen LogP contribution is -2.50. The highest BCUT2D eigenvalue weighted by molar-refractivity contribution is 5.77. The minimum Gasteiger partial charge on any atom is -0.339 e. The number of hydrogen-bond acceptors (Lipinski definition) is 2. The van der Waals surface area contributed by atoms with Gasteiger partial charge in [-0.05, 0) is 24.5 Å². The van der Waals surface area contributed by atoms with E-state index >= 15 is 0 Å². The molecule has 108 valence electrons. The molecule has 0 saturated carbocycles. The number of piperazine rings is 1. The quantitative estimate of drug-likeness (QED) is 0.840. The number of hydrogen-bond donors (Lipinski definition) is 0. The van der Waals surface area contributed by atoms with Crippen LogP contribution in [0.3, 0.4) is 0 Å². The van der Waals surface area contributed by atoms with Crippen LogP contribution in [0.1, 0.15) is 24.5 Å². The van der Waals surface area contributed by atoms with Crippen molar-refractivity contribution in [1.29, 1.82) is 0 Å². The minimum absolute atomic E-state index is 0.0945. The molecular weight excluding hydrogens is 252 g/mol. The average Bonchev–Trinajstić information content (AvgIpc) is 2.46. The molecular formula is C16H22N2O2. The number of aryl methyl sites for hydroxylation is 2. The van der Waals surface area contributed by atoms with Crippen molar-refractivity contribution in [3.8, 4) is 0 Å². The fourth-order valence-electron chi connectivity index (χ4n) is 2.56. The smallest absolute Gasteiger partial charge is 0.223 e. The van der Waals surface area contributed by atoms with E-state index in [0.717, 1.165) is 6.42 Å². The van der Waals surface area contributed by atoms with Crippen molar-refractivity contribution in [3.05, 3.63) is 35.4 Å². The van der Waals surface area contributed by atoms with E-state index in [1.165, 1.54) is 11.1 Å². The van der Waals surface area contributed by atoms with E-state index in [1.807, 2.05) is 17.0 Å². The molecule has 2 amide bonds. The predicted molar refractivity (Wildman–Crippen MR) is 78.3 cm³/mol. The van der Waals surface area contributed by atoms with Gasteiger partial charge in [-0.3, -0.25) is 9.59 Å². The minimum atomic E-state index is 0.0945. The molecule has 0 bridgehead atoms. The van der Waals surface area contributed by atoms with Crippen LogP contribution in [0, 0.1) is 6.92 Å². The summed E-state index contributed by atoms with van der Waals surface area (Å²) in [5, 5.41) is 0. The molecule has 1 saturated heterocycles. The van der Waals surface area contributed by atoms with Crippen molar-refractivity contribution < 1.29 is 9.59 Å². The summed E-state index contributed by atoms with van der Waals surface area (Å²) in [6.45, 7) is 6.29. The highest BCUT2D eigenvalue weighted by Crippen LogP contribution is 2.11. The zero-order valence-electron chi connectivity index (χ0n) is 12.3. The third-order valence-corrected chi connectivity index (χ3v) is 3.95. The second-order valence-electron chi connectivity index (χ2n) is 5.31. The fraction of sp³-hybridized carbons (Fsp3) is 0.500. The molecule has 0 aliphatic carbocycles. The Morgan fingerprint density at radius 3 is 2.25 bits per heavy atom. The van der Waals surface area contributed by atoms with Gasteiger partial charge in [0.15, 0.2) is 0 Å². The molecule has 2 rings (SSSR count). The topological polar surface area (TPSA) is 40.6 Å². The van der Waals surface area contributed by atoms with Gasteiger partial charge in [-0.15, -0.1) is 0 Å². The summed E-state index contributed by atoms with van der Waals surface area (Å²) in [5.74, 6) is 0.286. The monoisotopic (exact) mass is 274 g/mol. The van der Waals surface area contributed by atoms with Crippen LogP contribution in [0.15, 0.2) is 24.3 Å². The van der Waals surface area contributed by atoms with Gasteiger partial charge in [-0.2, -0.15) is 0 Å². The first kappa shape index (κ1) is 14.6. The molecule has 1 aliphatic rings. The molecule has 0 spiro atoms. The van der Waals surface area contributed by atoms with Crippen LogP contribution in [0.5, 0.6) is 0 Å². The van der Waals surface area contributed by atoms with Gasteiger partial charge in [-0.25, -0.2) is 0 Å². The third kappa shape index (κ3) is 3.59. The highest BCUT2D eigenvalue weighted by atomic mass is 16.2. The number of benzene rings is 1. The molecule has 0 aromatic heterocycles. The van der Waals surface area contributed by atoms with Gasteiger partial charge in [-0.1, -0.05) is 24.3 Å². The van der Waals surface area contributed by atoms with Crippen LogP contribution in [-0.2, 0) is 16.0 Å². The van der Waals surface area contributed by atoms with Gasteiger partial charge in [0, 0.05) is 39.5 Å². The predicted octanol–water partition coefficient (Wildman–Crippen LogP) is 1.62. The molecule has 0 radical (unpaired) electrons. The van der Waals surface area contributed by atoms with Gasteiger partial charge >= 0.3 is 0 Å². The van der Waals surface area contributed by atoms with Crippen LogP contribution in [0.4, 0.5) is 0 Å². The van der Waals surface area contributed by atoms with Crippen molar-refractivity contribution in [2.75, 3.05) is 26.2 Å². The van der Waals surface area contributed by atoms with E-state index in [1.54, 1.807) is 11.8 Å². The lowest BCUT2D eigenvalue weighted by Gasteiger charge is -2.34. The Balaban J connectivity index is 1.82. The summed E-state index contributed by atoms with van der Waals surface area (Å²) >= 11 is 0. The van der Waals surface area contributed by atoms with E-state index < -0.39 is 0 Å². The third-order valence-electron chi connectivity index (χ3n) is 3.95. The van der Waals surface area contributed by atoms with Crippen LogP contribution in [0.25, 0.3) is 0 Å². The molecule has 4 nitrogen and oxygen atoms in total. The average molecular weight is 274 g/mol. The first-order chi connectivity index (χ1) is 9.58. The lowest BCUT2D eigenvalue weighted by atomic mass is 10.0. The molecule has 0 unspecified atom stereocenters. The SMILES string of the molecule is CC(=O)N1CCN(C(=O)CCc2ccccc2C)CC1. The number of carbonyl (C=O) groups excluding carboxylic acids is 2. The van der Waals surface area contributed by atoms with Crippen molar-refractivity contribution >= 4 is 11.8 Å². The molecule has 1 aliphatic heterocycles. The first-order valence-corrected chi connectivity index (χ1v) is 7.15. The zero-order chi connectivity index (χ0) is 14.5. The van der Waals surface area contributed by atoms with Gasteiger partial charge in [0.05, 0.1) is 0 Å². The number of carbonyl (C=O) groups is 2. The summed E-state index contributed by atoms with van der Waals surface area (Å²) < 4.78 is 0. The van der Waals surface area contributed by atoms with Crippen LogP contribution >= 0.6 is 0 Å². The van der Waals surface area contributed by atoms with Crippen LogP contribution in [-0.4, -0.2) is 47.8 Å². The Hall–Kier alpha value is -1.84. The first-order valence-electron chi connectivity index (χ1n) is 7.15. The van der Waals surface area contributed by atoms with E-state index in [0.29, 0.717) is 32.6 Å². The summed E-state index contributed by atoms with van der Waals surface area (Å²) in [7, 11) is 0. The molecule has 4 heteroatoms. The molecule has 1 aromatic carbocycles. The zero-order valence-corrected chi connectivity index (χ0v) is 12.3. The van der Waals surface area contributed by atoms with Gasteiger partial charge in [0.2, 0.25) is 11.8 Å². The second kappa shape index (κ2) is 6.55. The summed E-state index contributed by atoms with van der Waals surface area (Å²) in [6.07, 6.45) is 1.34. The summed E-state index contributed by atoms with van der Waals surface area (Å²) in [6, 6.07) is 8.18. The maximum absolute atomic E-state index is 12.2. The van der Waals surface area contributed by atoms with Gasteiger partial charge in [0.25, 0.3) is 0 Å². The van der Waals surface area contributed by atoms with E-state index in [4.69, 9.17) is 0 Å². The summed E-state index contributed by atoms with van der Waals surface area (Å²) in [5.41, 5.74) is 2.48. The van der Waals surface area contributed by atoms with Crippen molar-refractivity contribution in [2.45, 2.75) is 26.7 Å². The Kier molecular flexibility index (Phi) is 4.77. The van der Waals surface area contributed by atoms with E-state index in [2.05, 4.69) is 19.1 Å². The summed E-state index contributed by atoms with van der Waals surface area (Å²) in [4.78, 5) is 27.1. The van der Waals surface area contributed by atoms with Crippen LogP contribution in [0.2, 0.25) is 0 Å². The molecule has 1 aromatic rings. The maximum Gasteiger partial charge on any atom is 0.223 e. The maximum atomic E-state index is 12.2. The Morgan fingerprint density at radius 1 is 1.05 bits per heavy atom. The Labute approximate surface area is 120 Å². The standard InChI is InChI=1S/C16H22N2O2/c1-13-5-3-4-6-15(13)7-8-16(20)18-11-9-17(10-12-18)14(2)19/h3-6H,7-12H2,1-2H3. The van der Waals surface area contributed by atoms with Crippen molar-refractivity contribution in [2.24, 2.45) is 0 Å². The highest BCUT2D eigenvalue weighted by Gasteiger charge is 2.21. The van der Waals surface area contributed by atoms with Gasteiger partial charge in [0.1, 0.15) is 0 Å². The fourth-order valence-corrected chi connectivity index (χ4v) is 2.56. The second-order valence-corrected chi connectivity index (χ2v) is 5.31. The van der Waals surface area contributed by atoms with Crippen molar-refractivity contribution in [1.82, 2.24) is 9.80 Å². The van der Waals surface area contributed by atoms with Crippen molar-refractivity contribution in [3.63, 3.8) is 0 Å². The largest absolute Gasteiger partial charge is 0.339 e. The number of amides is 2. The Bertz CT molecular complexity index is 491. The molecule has 0 N–H and O–H groups in total. The number of nitrogens with zero attached hydrogens (tertiary/aromatic N) is 2. The normalized spacial score (nSPS) is 15.3. The molecule has 1 fully saturated rings. The van der Waals surface area contributed by atoms with E-state index in [-0.39, 0.29) is 11.8 Å². The molecule has 1 heterocycles. The van der Waals surface area contributed by atoms with E-state index in [9.17, 15) is 9.59 Å². The molecule has 20 heavy (non-hydrogen) atoms. The van der Waals surface area contributed by atoms with Crippen LogP contribution < -0.4 is 0 Å². The Morgan fingerprint density at radius 2 is 1.65 bits per heavy atom. The lowest BCUT2D eigenvalue weighted by molar-refractivity contribution is -0.138. The van der Waals surface area contributed by atoms with Gasteiger partial charge < -0.3 is 9.80 Å². The number of rotatable bonds is 3.